The zero-order valence-corrected chi connectivity index (χ0v) is 14.7. The van der Waals surface area contributed by atoms with Crippen LogP contribution in [-0.4, -0.2) is 30.4 Å². The molecule has 0 N–H and O–H groups in total. The minimum atomic E-state index is -0.440. The van der Waals surface area contributed by atoms with Crippen molar-refractivity contribution in [2.75, 3.05) is 24.5 Å². The van der Waals surface area contributed by atoms with E-state index in [1.54, 1.807) is 29.5 Å². The fourth-order valence-corrected chi connectivity index (χ4v) is 4.18. The van der Waals surface area contributed by atoms with Crippen molar-refractivity contribution in [1.82, 2.24) is 4.90 Å². The highest BCUT2D eigenvalue weighted by Crippen LogP contribution is 2.34. The van der Waals surface area contributed by atoms with Crippen molar-refractivity contribution in [1.29, 1.82) is 5.26 Å². The van der Waals surface area contributed by atoms with Crippen LogP contribution < -0.4 is 4.90 Å². The zero-order valence-electron chi connectivity index (χ0n) is 13.9. The summed E-state index contributed by atoms with van der Waals surface area (Å²) in [5.41, 5.74) is 0.245. The summed E-state index contributed by atoms with van der Waals surface area (Å²) in [5, 5.41) is 10.9. The largest absolute Gasteiger partial charge is 0.308 e. The normalized spacial score (nSPS) is 17.4. The van der Waals surface area contributed by atoms with Gasteiger partial charge in [-0.1, -0.05) is 18.2 Å². The van der Waals surface area contributed by atoms with Gasteiger partial charge in [0.1, 0.15) is 5.82 Å². The number of hydrogen-bond acceptors (Lipinski definition) is 4. The molecule has 25 heavy (non-hydrogen) atoms. The summed E-state index contributed by atoms with van der Waals surface area (Å²) in [6.07, 6.45) is 2.26. The number of para-hydroxylation sites is 1. The number of carbonyl (C=O) groups is 1. The maximum atomic E-state index is 14.2. The van der Waals surface area contributed by atoms with E-state index in [0.29, 0.717) is 0 Å². The molecule has 0 saturated carbocycles. The predicted molar refractivity (Wildman–Crippen MR) is 96.9 cm³/mol. The highest BCUT2D eigenvalue weighted by atomic mass is 32.1. The summed E-state index contributed by atoms with van der Waals surface area (Å²) in [7, 11) is 0. The number of hydrogen-bond donors (Lipinski definition) is 0. The Bertz CT molecular complexity index is 756. The minimum Gasteiger partial charge on any atom is -0.308 e. The van der Waals surface area contributed by atoms with E-state index < -0.39 is 5.82 Å². The maximum Gasteiger partial charge on any atom is 0.241 e. The molecule has 0 radical (unpaired) electrons. The third-order valence-corrected chi connectivity index (χ3v) is 5.44. The van der Waals surface area contributed by atoms with Crippen LogP contribution in [0.5, 0.6) is 0 Å². The number of anilines is 1. The Labute approximate surface area is 151 Å². The molecule has 0 aliphatic carbocycles. The van der Waals surface area contributed by atoms with Gasteiger partial charge in [0, 0.05) is 17.5 Å². The number of nitriles is 1. The summed E-state index contributed by atoms with van der Waals surface area (Å²) in [4.78, 5) is 17.7. The maximum absolute atomic E-state index is 14.2. The van der Waals surface area contributed by atoms with Crippen molar-refractivity contribution < 1.29 is 9.18 Å². The van der Waals surface area contributed by atoms with E-state index in [-0.39, 0.29) is 37.1 Å². The number of thiophene rings is 1. The second-order valence-corrected chi connectivity index (χ2v) is 7.03. The first-order valence-electron chi connectivity index (χ1n) is 8.40. The van der Waals surface area contributed by atoms with Gasteiger partial charge in [-0.2, -0.15) is 5.26 Å². The Morgan fingerprint density at radius 3 is 2.92 bits per heavy atom. The first-order valence-corrected chi connectivity index (χ1v) is 9.28. The van der Waals surface area contributed by atoms with Crippen LogP contribution in [0.25, 0.3) is 0 Å². The smallest absolute Gasteiger partial charge is 0.241 e. The monoisotopic (exact) mass is 357 g/mol. The summed E-state index contributed by atoms with van der Waals surface area (Å²) >= 11 is 1.70. The standard InChI is InChI=1S/C19H20FN3OS/c20-15-6-1-2-7-16(15)23(12-5-10-21)19(24)14-22-11-3-8-17(22)18-9-4-13-25-18/h1-2,4,6-7,9,13,17H,3,5,8,11-12,14H2/t17-/m1/s1. The first-order chi connectivity index (χ1) is 12.2. The molecule has 1 aromatic heterocycles. The number of likely N-dealkylation sites (tertiary alicyclic amines) is 1. The quantitative estimate of drug-likeness (QED) is 0.786. The molecule has 1 atom stereocenters. The summed E-state index contributed by atoms with van der Waals surface area (Å²) < 4.78 is 14.2. The van der Waals surface area contributed by atoms with E-state index in [0.717, 1.165) is 19.4 Å². The van der Waals surface area contributed by atoms with Gasteiger partial charge in [-0.15, -0.1) is 11.3 Å². The van der Waals surface area contributed by atoms with Gasteiger partial charge in [0.15, 0.2) is 0 Å². The van der Waals surface area contributed by atoms with Crippen molar-refractivity contribution >= 4 is 22.9 Å². The van der Waals surface area contributed by atoms with Crippen LogP contribution in [0, 0.1) is 17.1 Å². The molecule has 1 fully saturated rings. The van der Waals surface area contributed by atoms with Crippen molar-refractivity contribution in [2.24, 2.45) is 0 Å². The van der Waals surface area contributed by atoms with Crippen LogP contribution in [0.1, 0.15) is 30.2 Å². The molecule has 3 rings (SSSR count). The lowest BCUT2D eigenvalue weighted by molar-refractivity contribution is -0.120. The number of halogens is 1. The van der Waals surface area contributed by atoms with Gasteiger partial charge in [-0.05, 0) is 43.0 Å². The lowest BCUT2D eigenvalue weighted by Crippen LogP contribution is -2.41. The zero-order chi connectivity index (χ0) is 17.6. The van der Waals surface area contributed by atoms with Crippen molar-refractivity contribution in [3.05, 3.63) is 52.5 Å². The van der Waals surface area contributed by atoms with E-state index in [1.807, 2.05) is 17.5 Å². The fourth-order valence-electron chi connectivity index (χ4n) is 3.29. The summed E-state index contributed by atoms with van der Waals surface area (Å²) in [6.45, 7) is 1.30. The second kappa shape index (κ2) is 8.24. The highest BCUT2D eigenvalue weighted by molar-refractivity contribution is 7.10. The fraction of sp³-hybridized carbons (Fsp3) is 0.368. The van der Waals surface area contributed by atoms with Gasteiger partial charge in [-0.25, -0.2) is 4.39 Å². The van der Waals surface area contributed by atoms with Gasteiger partial charge in [-0.3, -0.25) is 9.69 Å². The lowest BCUT2D eigenvalue weighted by Gasteiger charge is -2.28. The van der Waals surface area contributed by atoms with Crippen LogP contribution in [0.3, 0.4) is 0 Å². The number of carbonyl (C=O) groups excluding carboxylic acids is 1. The third-order valence-electron chi connectivity index (χ3n) is 4.47. The number of rotatable bonds is 6. The van der Waals surface area contributed by atoms with Crippen molar-refractivity contribution in [3.63, 3.8) is 0 Å². The molecular formula is C19H20FN3OS. The molecule has 130 valence electrons. The van der Waals surface area contributed by atoms with Crippen molar-refractivity contribution in [3.8, 4) is 6.07 Å². The van der Waals surface area contributed by atoms with Crippen LogP contribution in [0.4, 0.5) is 10.1 Å². The van der Waals surface area contributed by atoms with Crippen molar-refractivity contribution in [2.45, 2.75) is 25.3 Å². The molecule has 1 aliphatic rings. The summed E-state index contributed by atoms with van der Waals surface area (Å²) in [5.74, 6) is -0.603. The molecular weight excluding hydrogens is 337 g/mol. The Balaban J connectivity index is 1.76. The predicted octanol–water partition coefficient (Wildman–Crippen LogP) is 3.97. The number of nitrogens with zero attached hydrogens (tertiary/aromatic N) is 3. The topological polar surface area (TPSA) is 47.3 Å². The molecule has 2 heterocycles. The summed E-state index contributed by atoms with van der Waals surface area (Å²) in [6, 6.07) is 12.6. The van der Waals surface area contributed by atoms with Gasteiger partial charge >= 0.3 is 0 Å². The molecule has 1 aromatic carbocycles. The molecule has 0 spiro atoms. The minimum absolute atomic E-state index is 0.163. The molecule has 1 saturated heterocycles. The van der Waals surface area contributed by atoms with E-state index in [4.69, 9.17) is 5.26 Å². The SMILES string of the molecule is N#CCCN(C(=O)CN1CCC[C@@H]1c1cccs1)c1ccccc1F. The average molecular weight is 357 g/mol. The molecule has 1 aliphatic heterocycles. The van der Waals surface area contributed by atoms with Gasteiger partial charge < -0.3 is 4.90 Å². The van der Waals surface area contributed by atoms with Gasteiger partial charge in [0.2, 0.25) is 5.91 Å². The molecule has 0 unspecified atom stereocenters. The molecule has 4 nitrogen and oxygen atoms in total. The first kappa shape index (κ1) is 17.6. The molecule has 1 amide bonds. The molecule has 6 heteroatoms. The van der Waals surface area contributed by atoms with Crippen LogP contribution in [0.2, 0.25) is 0 Å². The molecule has 2 aromatic rings. The Kier molecular flexibility index (Phi) is 5.79. The number of benzene rings is 1. The Morgan fingerprint density at radius 1 is 1.36 bits per heavy atom. The van der Waals surface area contributed by atoms with E-state index in [1.165, 1.54) is 15.8 Å². The number of amides is 1. The molecule has 0 bridgehead atoms. The highest BCUT2D eigenvalue weighted by Gasteiger charge is 2.30. The lowest BCUT2D eigenvalue weighted by atomic mass is 10.2. The van der Waals surface area contributed by atoms with E-state index >= 15 is 0 Å². The average Bonchev–Trinajstić information content (AvgIpc) is 3.28. The van der Waals surface area contributed by atoms with Crippen LogP contribution in [-0.2, 0) is 4.79 Å². The van der Waals surface area contributed by atoms with Crippen LogP contribution in [0.15, 0.2) is 41.8 Å². The Hall–Kier alpha value is -2.23. The second-order valence-electron chi connectivity index (χ2n) is 6.05. The Morgan fingerprint density at radius 2 is 2.20 bits per heavy atom. The van der Waals surface area contributed by atoms with E-state index in [2.05, 4.69) is 11.0 Å². The van der Waals surface area contributed by atoms with Crippen LogP contribution >= 0.6 is 11.3 Å². The van der Waals surface area contributed by atoms with E-state index in [9.17, 15) is 9.18 Å². The van der Waals surface area contributed by atoms with Gasteiger partial charge in [0.25, 0.3) is 0 Å². The van der Waals surface area contributed by atoms with Gasteiger partial charge in [0.05, 0.1) is 24.7 Å². The third kappa shape index (κ3) is 4.06.